The van der Waals surface area contributed by atoms with Crippen LogP contribution in [0.2, 0.25) is 0 Å². The van der Waals surface area contributed by atoms with E-state index in [-0.39, 0.29) is 18.6 Å². The van der Waals surface area contributed by atoms with E-state index in [9.17, 15) is 9.90 Å². The van der Waals surface area contributed by atoms with Gasteiger partial charge in [0.05, 0.1) is 19.8 Å². The molecule has 1 saturated heterocycles. The third kappa shape index (κ3) is 6.47. The van der Waals surface area contributed by atoms with E-state index in [1.807, 2.05) is 43.0 Å². The van der Waals surface area contributed by atoms with E-state index in [0.717, 1.165) is 56.0 Å². The molecule has 0 radical (unpaired) electrons. The molecule has 2 aromatic carbocycles. The van der Waals surface area contributed by atoms with Crippen molar-refractivity contribution < 1.29 is 14.6 Å². The van der Waals surface area contributed by atoms with Crippen LogP contribution < -0.4 is 4.74 Å². The Hall–Kier alpha value is -2.67. The van der Waals surface area contributed by atoms with Crippen LogP contribution >= 0.6 is 0 Å². The maximum atomic E-state index is 12.8. The van der Waals surface area contributed by atoms with Crippen molar-refractivity contribution in [1.29, 1.82) is 0 Å². The minimum atomic E-state index is 0.0602. The summed E-state index contributed by atoms with van der Waals surface area (Å²) in [5, 5.41) is 9.23. The predicted octanol–water partition coefficient (Wildman–Crippen LogP) is 3.82. The molecule has 2 aromatic rings. The average Bonchev–Trinajstić information content (AvgIpc) is 2.89. The van der Waals surface area contributed by atoms with Gasteiger partial charge in [-0.15, -0.1) is 0 Å². The van der Waals surface area contributed by atoms with Crippen LogP contribution in [0, 0.1) is 0 Å². The Bertz CT molecular complexity index is 932. The molecule has 6 heteroatoms. The Morgan fingerprint density at radius 2 is 1.74 bits per heavy atom. The standard InChI is InChI=1S/C28H39N3O3/c1-5-30(6-2)28(33)24-12-10-23(11-13-24)27(25-8-7-9-26(20-25)34-4)31-18-16-29(17-19-31)15-14-22(3)21-32/h7-13,20,27,32H,3,5-6,14-19,21H2,1-2,4H3. The smallest absolute Gasteiger partial charge is 0.253 e. The molecule has 0 aromatic heterocycles. The average molecular weight is 466 g/mol. The SMILES string of the molecule is C=C(CO)CCN1CCN(C(c2ccc(C(=O)N(CC)CC)cc2)c2cccc(OC)c2)CC1. The van der Waals surface area contributed by atoms with Gasteiger partial charge < -0.3 is 19.6 Å². The predicted molar refractivity (Wildman–Crippen MR) is 137 cm³/mol. The van der Waals surface area contributed by atoms with E-state index >= 15 is 0 Å². The van der Waals surface area contributed by atoms with Gasteiger partial charge in [-0.2, -0.15) is 0 Å². The number of rotatable bonds is 11. The van der Waals surface area contributed by atoms with Gasteiger partial charge in [0.2, 0.25) is 0 Å². The number of nitrogens with zero attached hydrogens (tertiary/aromatic N) is 3. The van der Waals surface area contributed by atoms with Crippen LogP contribution in [0.25, 0.3) is 0 Å². The van der Waals surface area contributed by atoms with E-state index < -0.39 is 0 Å². The number of benzene rings is 2. The van der Waals surface area contributed by atoms with Gasteiger partial charge in [-0.05, 0) is 55.7 Å². The van der Waals surface area contributed by atoms with Gasteiger partial charge in [-0.25, -0.2) is 0 Å². The fourth-order valence-electron chi connectivity index (χ4n) is 4.57. The summed E-state index contributed by atoms with van der Waals surface area (Å²) in [4.78, 5) is 19.6. The molecule has 3 rings (SSSR count). The molecular weight excluding hydrogens is 426 g/mol. The Balaban J connectivity index is 1.81. The Kier molecular flexibility index (Phi) is 9.69. The van der Waals surface area contributed by atoms with E-state index in [1.165, 1.54) is 11.1 Å². The summed E-state index contributed by atoms with van der Waals surface area (Å²) in [6, 6.07) is 16.5. The van der Waals surface area contributed by atoms with Gasteiger partial charge in [-0.3, -0.25) is 9.69 Å². The number of carbonyl (C=O) groups is 1. The lowest BCUT2D eigenvalue weighted by Gasteiger charge is -2.40. The second-order valence-electron chi connectivity index (χ2n) is 8.81. The minimum absolute atomic E-state index is 0.0602. The van der Waals surface area contributed by atoms with E-state index in [2.05, 4.69) is 40.6 Å². The summed E-state index contributed by atoms with van der Waals surface area (Å²) in [6.07, 6.45) is 0.831. The maximum absolute atomic E-state index is 12.8. The molecule has 0 aliphatic carbocycles. The van der Waals surface area contributed by atoms with E-state index in [1.54, 1.807) is 7.11 Å². The molecule has 1 aliphatic rings. The summed E-state index contributed by atoms with van der Waals surface area (Å²) >= 11 is 0. The Morgan fingerprint density at radius 1 is 1.06 bits per heavy atom. The first kappa shape index (κ1) is 25.9. The summed E-state index contributed by atoms with van der Waals surface area (Å²) < 4.78 is 5.51. The molecule has 0 bridgehead atoms. The molecule has 6 nitrogen and oxygen atoms in total. The normalized spacial score (nSPS) is 15.6. The highest BCUT2D eigenvalue weighted by Gasteiger charge is 2.27. The molecular formula is C28H39N3O3. The Labute approximate surface area is 204 Å². The summed E-state index contributed by atoms with van der Waals surface area (Å²) in [5.41, 5.74) is 3.97. The zero-order valence-corrected chi connectivity index (χ0v) is 20.9. The lowest BCUT2D eigenvalue weighted by molar-refractivity contribution is 0.0773. The van der Waals surface area contributed by atoms with Crippen LogP contribution in [0.4, 0.5) is 0 Å². The lowest BCUT2D eigenvalue weighted by atomic mass is 9.95. The van der Waals surface area contributed by atoms with Crippen molar-refractivity contribution in [3.05, 3.63) is 77.4 Å². The fraction of sp³-hybridized carbons (Fsp3) is 0.464. The number of aliphatic hydroxyl groups excluding tert-OH is 1. The van der Waals surface area contributed by atoms with Crippen LogP contribution in [-0.2, 0) is 0 Å². The van der Waals surface area contributed by atoms with Crippen LogP contribution in [-0.4, -0.2) is 85.2 Å². The lowest BCUT2D eigenvalue weighted by Crippen LogP contribution is -2.48. The van der Waals surface area contributed by atoms with Crippen molar-refractivity contribution in [2.24, 2.45) is 0 Å². The third-order valence-electron chi connectivity index (χ3n) is 6.71. The van der Waals surface area contributed by atoms with Crippen molar-refractivity contribution in [1.82, 2.24) is 14.7 Å². The van der Waals surface area contributed by atoms with Crippen molar-refractivity contribution in [3.63, 3.8) is 0 Å². The number of amides is 1. The molecule has 184 valence electrons. The molecule has 1 aliphatic heterocycles. The summed E-state index contributed by atoms with van der Waals surface area (Å²) in [5.74, 6) is 0.921. The molecule has 0 saturated carbocycles. The number of carbonyl (C=O) groups excluding carboxylic acids is 1. The quantitative estimate of drug-likeness (QED) is 0.512. The second-order valence-corrected chi connectivity index (χ2v) is 8.81. The number of piperazine rings is 1. The van der Waals surface area contributed by atoms with Crippen LogP contribution in [0.3, 0.4) is 0 Å². The first-order chi connectivity index (χ1) is 16.5. The molecule has 1 atom stereocenters. The van der Waals surface area contributed by atoms with E-state index in [0.29, 0.717) is 13.1 Å². The number of aliphatic hydroxyl groups is 1. The molecule has 0 spiro atoms. The summed E-state index contributed by atoms with van der Waals surface area (Å²) in [7, 11) is 1.70. The number of ether oxygens (including phenoxy) is 1. The zero-order chi connectivity index (χ0) is 24.5. The first-order valence-corrected chi connectivity index (χ1v) is 12.3. The monoisotopic (exact) mass is 465 g/mol. The minimum Gasteiger partial charge on any atom is -0.497 e. The number of hydrogen-bond donors (Lipinski definition) is 1. The largest absolute Gasteiger partial charge is 0.497 e. The van der Waals surface area contributed by atoms with Crippen LogP contribution in [0.1, 0.15) is 47.8 Å². The van der Waals surface area contributed by atoms with Gasteiger partial charge in [0.15, 0.2) is 0 Å². The van der Waals surface area contributed by atoms with Crippen molar-refractivity contribution in [2.75, 3.05) is 59.5 Å². The highest BCUT2D eigenvalue weighted by molar-refractivity contribution is 5.94. The van der Waals surface area contributed by atoms with Crippen LogP contribution in [0.5, 0.6) is 5.75 Å². The Morgan fingerprint density at radius 3 is 2.32 bits per heavy atom. The highest BCUT2D eigenvalue weighted by Crippen LogP contribution is 2.32. The number of hydrogen-bond acceptors (Lipinski definition) is 5. The summed E-state index contributed by atoms with van der Waals surface area (Å²) in [6.45, 7) is 14.1. The molecule has 1 fully saturated rings. The van der Waals surface area contributed by atoms with Crippen molar-refractivity contribution in [2.45, 2.75) is 26.3 Å². The van der Waals surface area contributed by atoms with E-state index in [4.69, 9.17) is 4.74 Å². The zero-order valence-electron chi connectivity index (χ0n) is 20.9. The molecule has 1 N–H and O–H groups in total. The van der Waals surface area contributed by atoms with Gasteiger partial charge >= 0.3 is 0 Å². The molecule has 1 heterocycles. The van der Waals surface area contributed by atoms with Gasteiger partial charge in [0.25, 0.3) is 5.91 Å². The maximum Gasteiger partial charge on any atom is 0.253 e. The number of methoxy groups -OCH3 is 1. The molecule has 34 heavy (non-hydrogen) atoms. The fourth-order valence-corrected chi connectivity index (χ4v) is 4.57. The topological polar surface area (TPSA) is 56.2 Å². The van der Waals surface area contributed by atoms with Crippen LogP contribution in [0.15, 0.2) is 60.7 Å². The van der Waals surface area contributed by atoms with Gasteiger partial charge in [0, 0.05) is 51.4 Å². The van der Waals surface area contributed by atoms with Crippen molar-refractivity contribution >= 4 is 5.91 Å². The second kappa shape index (κ2) is 12.7. The third-order valence-corrected chi connectivity index (χ3v) is 6.71. The molecule has 1 unspecified atom stereocenters. The van der Waals surface area contributed by atoms with Crippen molar-refractivity contribution in [3.8, 4) is 5.75 Å². The highest BCUT2D eigenvalue weighted by atomic mass is 16.5. The molecule has 1 amide bonds. The first-order valence-electron chi connectivity index (χ1n) is 12.3. The van der Waals surface area contributed by atoms with Gasteiger partial charge in [0.1, 0.15) is 5.75 Å². The van der Waals surface area contributed by atoms with Gasteiger partial charge in [-0.1, -0.05) is 36.4 Å².